The zero-order valence-electron chi connectivity index (χ0n) is 10.0. The zero-order valence-corrected chi connectivity index (χ0v) is 10.0. The standard InChI is InChI=1S/C12H16N2O4/c1-18-11-3-2-7(13)4-8(11)12(17)14-5-9(15)10(16)6-14/h2-4,9-10,15-16H,5-6,13H2,1H3. The summed E-state index contributed by atoms with van der Waals surface area (Å²) in [4.78, 5) is 13.6. The number of anilines is 1. The van der Waals surface area contributed by atoms with Crippen molar-refractivity contribution >= 4 is 11.6 Å². The number of benzene rings is 1. The van der Waals surface area contributed by atoms with E-state index in [1.165, 1.54) is 18.1 Å². The summed E-state index contributed by atoms with van der Waals surface area (Å²) >= 11 is 0. The first-order valence-electron chi connectivity index (χ1n) is 5.62. The maximum atomic E-state index is 12.2. The number of likely N-dealkylation sites (tertiary alicyclic amines) is 1. The number of carbonyl (C=O) groups is 1. The van der Waals surface area contributed by atoms with E-state index in [1.54, 1.807) is 12.1 Å². The van der Waals surface area contributed by atoms with E-state index in [1.807, 2.05) is 0 Å². The fraction of sp³-hybridized carbons (Fsp3) is 0.417. The van der Waals surface area contributed by atoms with Crippen LogP contribution in [0.25, 0.3) is 0 Å². The molecule has 0 bridgehead atoms. The highest BCUT2D eigenvalue weighted by Crippen LogP contribution is 2.24. The minimum Gasteiger partial charge on any atom is -0.496 e. The van der Waals surface area contributed by atoms with Gasteiger partial charge in [-0.2, -0.15) is 0 Å². The number of aliphatic hydroxyl groups is 2. The molecule has 2 rings (SSSR count). The van der Waals surface area contributed by atoms with Crippen molar-refractivity contribution < 1.29 is 19.7 Å². The van der Waals surface area contributed by atoms with Gasteiger partial charge in [-0.15, -0.1) is 0 Å². The second-order valence-electron chi connectivity index (χ2n) is 4.30. The lowest BCUT2D eigenvalue weighted by Crippen LogP contribution is -2.30. The molecule has 1 aliphatic heterocycles. The van der Waals surface area contributed by atoms with E-state index in [0.29, 0.717) is 17.0 Å². The number of carbonyl (C=O) groups excluding carboxylic acids is 1. The number of nitrogens with two attached hydrogens (primary N) is 1. The fourth-order valence-corrected chi connectivity index (χ4v) is 2.00. The van der Waals surface area contributed by atoms with Crippen LogP contribution in [0.4, 0.5) is 5.69 Å². The van der Waals surface area contributed by atoms with Crippen molar-refractivity contribution in [2.75, 3.05) is 25.9 Å². The Morgan fingerprint density at radius 3 is 2.56 bits per heavy atom. The molecule has 1 aromatic rings. The number of amides is 1. The van der Waals surface area contributed by atoms with Crippen molar-refractivity contribution in [3.05, 3.63) is 23.8 Å². The number of β-amino-alcohol motifs (C(OH)–C–C–N with tert-alkyl or cyclic N) is 2. The van der Waals surface area contributed by atoms with Crippen LogP contribution < -0.4 is 10.5 Å². The van der Waals surface area contributed by atoms with Gasteiger partial charge in [0, 0.05) is 18.8 Å². The molecule has 1 aromatic carbocycles. The number of methoxy groups -OCH3 is 1. The average Bonchev–Trinajstić information content (AvgIpc) is 2.68. The summed E-state index contributed by atoms with van der Waals surface area (Å²) in [6, 6.07) is 4.78. The molecule has 18 heavy (non-hydrogen) atoms. The van der Waals surface area contributed by atoms with E-state index in [0.717, 1.165) is 0 Å². The molecule has 0 aromatic heterocycles. The van der Waals surface area contributed by atoms with Crippen LogP contribution >= 0.6 is 0 Å². The Balaban J connectivity index is 2.26. The maximum Gasteiger partial charge on any atom is 0.257 e. The largest absolute Gasteiger partial charge is 0.496 e. The Morgan fingerprint density at radius 1 is 1.39 bits per heavy atom. The zero-order chi connectivity index (χ0) is 13.3. The normalized spacial score (nSPS) is 23.2. The molecule has 0 spiro atoms. The fourth-order valence-electron chi connectivity index (χ4n) is 2.00. The molecule has 2 atom stereocenters. The van der Waals surface area contributed by atoms with Crippen LogP contribution in [-0.2, 0) is 0 Å². The van der Waals surface area contributed by atoms with Gasteiger partial charge in [0.25, 0.3) is 5.91 Å². The summed E-state index contributed by atoms with van der Waals surface area (Å²) in [5.74, 6) is 0.111. The Labute approximate surface area is 105 Å². The Morgan fingerprint density at radius 2 is 2.00 bits per heavy atom. The van der Waals surface area contributed by atoms with Crippen LogP contribution in [0.5, 0.6) is 5.75 Å². The molecular weight excluding hydrogens is 236 g/mol. The van der Waals surface area contributed by atoms with Crippen LogP contribution in [0.3, 0.4) is 0 Å². The molecule has 4 N–H and O–H groups in total. The first kappa shape index (κ1) is 12.7. The smallest absolute Gasteiger partial charge is 0.257 e. The van der Waals surface area contributed by atoms with Crippen LogP contribution in [0.15, 0.2) is 18.2 Å². The predicted molar refractivity (Wildman–Crippen MR) is 65.3 cm³/mol. The van der Waals surface area contributed by atoms with E-state index >= 15 is 0 Å². The molecule has 1 aliphatic rings. The second-order valence-corrected chi connectivity index (χ2v) is 4.30. The van der Waals surface area contributed by atoms with Crippen molar-refractivity contribution in [2.45, 2.75) is 12.2 Å². The van der Waals surface area contributed by atoms with Crippen LogP contribution in [-0.4, -0.2) is 53.4 Å². The molecule has 2 unspecified atom stereocenters. The lowest BCUT2D eigenvalue weighted by molar-refractivity contribution is 0.0572. The summed E-state index contributed by atoms with van der Waals surface area (Å²) in [5.41, 5.74) is 6.44. The van der Waals surface area contributed by atoms with Gasteiger partial charge in [0.2, 0.25) is 0 Å². The first-order valence-corrected chi connectivity index (χ1v) is 5.62. The van der Waals surface area contributed by atoms with Gasteiger partial charge in [0.05, 0.1) is 24.9 Å². The lowest BCUT2D eigenvalue weighted by atomic mass is 10.1. The molecule has 6 nitrogen and oxygen atoms in total. The van der Waals surface area contributed by atoms with Gasteiger partial charge in [-0.25, -0.2) is 0 Å². The molecule has 0 aliphatic carbocycles. The highest BCUT2D eigenvalue weighted by Gasteiger charge is 2.33. The summed E-state index contributed by atoms with van der Waals surface area (Å²) < 4.78 is 5.11. The van der Waals surface area contributed by atoms with Crippen molar-refractivity contribution in [2.24, 2.45) is 0 Å². The van der Waals surface area contributed by atoms with E-state index in [9.17, 15) is 15.0 Å². The Bertz CT molecular complexity index is 453. The van der Waals surface area contributed by atoms with Crippen LogP contribution in [0.1, 0.15) is 10.4 Å². The third-order valence-electron chi connectivity index (χ3n) is 3.00. The van der Waals surface area contributed by atoms with Crippen LogP contribution in [0.2, 0.25) is 0 Å². The third-order valence-corrected chi connectivity index (χ3v) is 3.00. The van der Waals surface area contributed by atoms with E-state index in [-0.39, 0.29) is 19.0 Å². The Hall–Kier alpha value is -1.79. The average molecular weight is 252 g/mol. The van der Waals surface area contributed by atoms with Gasteiger partial charge in [0.15, 0.2) is 0 Å². The third kappa shape index (κ3) is 2.25. The van der Waals surface area contributed by atoms with Gasteiger partial charge in [-0.3, -0.25) is 4.79 Å². The van der Waals surface area contributed by atoms with Gasteiger partial charge in [-0.1, -0.05) is 0 Å². The highest BCUT2D eigenvalue weighted by atomic mass is 16.5. The number of nitrogen functional groups attached to an aromatic ring is 1. The number of nitrogens with zero attached hydrogens (tertiary/aromatic N) is 1. The second kappa shape index (κ2) is 4.83. The summed E-state index contributed by atoms with van der Waals surface area (Å²) in [6.07, 6.45) is -1.80. The highest BCUT2D eigenvalue weighted by molar-refractivity contribution is 5.98. The van der Waals surface area contributed by atoms with Crippen molar-refractivity contribution in [1.29, 1.82) is 0 Å². The van der Waals surface area contributed by atoms with Crippen molar-refractivity contribution in [3.8, 4) is 5.75 Å². The van der Waals surface area contributed by atoms with E-state index in [2.05, 4.69) is 0 Å². The number of aliphatic hydroxyl groups excluding tert-OH is 2. The van der Waals surface area contributed by atoms with E-state index < -0.39 is 12.2 Å². The summed E-state index contributed by atoms with van der Waals surface area (Å²) in [6.45, 7) is 0.218. The van der Waals surface area contributed by atoms with Crippen molar-refractivity contribution in [1.82, 2.24) is 4.90 Å². The summed E-state index contributed by atoms with van der Waals surface area (Å²) in [5, 5.41) is 18.9. The SMILES string of the molecule is COc1ccc(N)cc1C(=O)N1CC(O)C(O)C1. The predicted octanol–water partition coefficient (Wildman–Crippen LogP) is -0.545. The minimum absolute atomic E-state index is 0.109. The Kier molecular flexibility index (Phi) is 3.40. The lowest BCUT2D eigenvalue weighted by Gasteiger charge is -2.17. The number of rotatable bonds is 2. The van der Waals surface area contributed by atoms with Gasteiger partial charge < -0.3 is 25.6 Å². The number of hydrogen-bond donors (Lipinski definition) is 3. The molecule has 1 saturated heterocycles. The monoisotopic (exact) mass is 252 g/mol. The number of hydrogen-bond acceptors (Lipinski definition) is 5. The van der Waals surface area contributed by atoms with E-state index in [4.69, 9.17) is 10.5 Å². The molecule has 1 fully saturated rings. The first-order chi connectivity index (χ1) is 8.52. The molecule has 6 heteroatoms. The topological polar surface area (TPSA) is 96.0 Å². The van der Waals surface area contributed by atoms with Crippen molar-refractivity contribution in [3.63, 3.8) is 0 Å². The maximum absolute atomic E-state index is 12.2. The molecular formula is C12H16N2O4. The quantitative estimate of drug-likeness (QED) is 0.614. The summed E-state index contributed by atoms with van der Waals surface area (Å²) in [7, 11) is 1.47. The number of ether oxygens (including phenoxy) is 1. The van der Waals surface area contributed by atoms with Gasteiger partial charge >= 0.3 is 0 Å². The van der Waals surface area contributed by atoms with Gasteiger partial charge in [0.1, 0.15) is 5.75 Å². The molecule has 98 valence electrons. The molecule has 0 saturated carbocycles. The molecule has 0 radical (unpaired) electrons. The molecule has 1 amide bonds. The molecule has 1 heterocycles. The van der Waals surface area contributed by atoms with Gasteiger partial charge in [-0.05, 0) is 18.2 Å². The van der Waals surface area contributed by atoms with Crippen LogP contribution in [0, 0.1) is 0 Å². The minimum atomic E-state index is -0.902.